The van der Waals surface area contributed by atoms with Crippen molar-refractivity contribution >= 4 is 17.6 Å². The number of furan rings is 1. The van der Waals surface area contributed by atoms with Gasteiger partial charge < -0.3 is 14.8 Å². The zero-order valence-corrected chi connectivity index (χ0v) is 12.7. The minimum Gasteiger partial charge on any atom is -0.475 e. The third-order valence-corrected chi connectivity index (χ3v) is 4.24. The second kappa shape index (κ2) is 6.69. The molecule has 1 aliphatic carbocycles. The number of carboxylic acids is 1. The maximum atomic E-state index is 12.4. The average Bonchev–Trinajstić information content (AvgIpc) is 3.06. The molecule has 1 aliphatic rings. The number of aromatic carboxylic acids is 1. The van der Waals surface area contributed by atoms with Gasteiger partial charge in [0.05, 0.1) is 5.69 Å². The lowest BCUT2D eigenvalue weighted by Crippen LogP contribution is -2.24. The zero-order chi connectivity index (χ0) is 16.2. The maximum absolute atomic E-state index is 12.4. The highest BCUT2D eigenvalue weighted by Crippen LogP contribution is 2.31. The Bertz CT molecular complexity index is 713. The third-order valence-electron chi connectivity index (χ3n) is 4.24. The smallest absolute Gasteiger partial charge is 0.371 e. The van der Waals surface area contributed by atoms with Crippen molar-refractivity contribution < 1.29 is 19.1 Å². The molecule has 0 aliphatic heterocycles. The molecule has 1 amide bonds. The molecule has 0 saturated heterocycles. The minimum atomic E-state index is -1.11. The maximum Gasteiger partial charge on any atom is 0.371 e. The van der Waals surface area contributed by atoms with E-state index in [1.807, 2.05) is 12.1 Å². The number of amides is 1. The van der Waals surface area contributed by atoms with Crippen LogP contribution in [-0.2, 0) is 4.79 Å². The number of rotatable bonds is 4. The molecule has 1 aromatic carbocycles. The molecule has 1 heterocycles. The van der Waals surface area contributed by atoms with Gasteiger partial charge in [0.2, 0.25) is 11.7 Å². The first-order chi connectivity index (χ1) is 11.1. The minimum absolute atomic E-state index is 0.0298. The van der Waals surface area contributed by atoms with E-state index in [0.717, 1.165) is 25.7 Å². The van der Waals surface area contributed by atoms with Crippen LogP contribution in [0.4, 0.5) is 5.69 Å². The zero-order valence-electron chi connectivity index (χ0n) is 12.7. The molecule has 2 aromatic rings. The number of anilines is 1. The summed E-state index contributed by atoms with van der Waals surface area (Å²) in [5.41, 5.74) is 1.33. The summed E-state index contributed by atoms with van der Waals surface area (Å²) in [6, 6.07) is 10.3. The van der Waals surface area contributed by atoms with Crippen LogP contribution in [0.15, 0.2) is 40.8 Å². The van der Waals surface area contributed by atoms with Gasteiger partial charge in [0.25, 0.3) is 0 Å². The van der Waals surface area contributed by atoms with Crippen molar-refractivity contribution in [1.82, 2.24) is 0 Å². The molecule has 0 spiro atoms. The molecule has 1 aromatic heterocycles. The van der Waals surface area contributed by atoms with Gasteiger partial charge in [0, 0.05) is 11.5 Å². The normalized spacial score (nSPS) is 15.3. The van der Waals surface area contributed by atoms with E-state index < -0.39 is 5.97 Å². The monoisotopic (exact) mass is 313 g/mol. The van der Waals surface area contributed by atoms with Crippen molar-refractivity contribution in [2.24, 2.45) is 5.92 Å². The summed E-state index contributed by atoms with van der Waals surface area (Å²) in [6.07, 6.45) is 5.25. The largest absolute Gasteiger partial charge is 0.475 e. The SMILES string of the molecule is O=C(O)c1ccc(-c2ccccc2NC(=O)C2CCCCC2)o1. The number of carboxylic acid groups (broad SMARTS) is 1. The van der Waals surface area contributed by atoms with E-state index in [1.165, 1.54) is 12.5 Å². The quantitative estimate of drug-likeness (QED) is 0.888. The van der Waals surface area contributed by atoms with Crippen LogP contribution in [0.25, 0.3) is 11.3 Å². The Labute approximate surface area is 134 Å². The van der Waals surface area contributed by atoms with Crippen LogP contribution in [-0.4, -0.2) is 17.0 Å². The van der Waals surface area contributed by atoms with Crippen molar-refractivity contribution in [3.8, 4) is 11.3 Å². The van der Waals surface area contributed by atoms with Gasteiger partial charge in [-0.1, -0.05) is 31.4 Å². The molecule has 5 nitrogen and oxygen atoms in total. The van der Waals surface area contributed by atoms with Gasteiger partial charge >= 0.3 is 5.97 Å². The molecular formula is C18H19NO4. The number of para-hydroxylation sites is 1. The fourth-order valence-electron chi connectivity index (χ4n) is 3.00. The number of hydrogen-bond acceptors (Lipinski definition) is 3. The van der Waals surface area contributed by atoms with Crippen molar-refractivity contribution in [2.45, 2.75) is 32.1 Å². The molecule has 23 heavy (non-hydrogen) atoms. The van der Waals surface area contributed by atoms with E-state index in [9.17, 15) is 9.59 Å². The molecule has 3 rings (SSSR count). The van der Waals surface area contributed by atoms with Crippen LogP contribution in [0, 0.1) is 5.92 Å². The van der Waals surface area contributed by atoms with Crippen molar-refractivity contribution in [3.05, 3.63) is 42.2 Å². The fraction of sp³-hybridized carbons (Fsp3) is 0.333. The molecule has 120 valence electrons. The van der Waals surface area contributed by atoms with Crippen molar-refractivity contribution in [3.63, 3.8) is 0 Å². The molecule has 0 atom stereocenters. The Hall–Kier alpha value is -2.56. The molecule has 0 unspecified atom stereocenters. The van der Waals surface area contributed by atoms with Gasteiger partial charge in [-0.3, -0.25) is 4.79 Å². The molecule has 0 radical (unpaired) electrons. The van der Waals surface area contributed by atoms with Gasteiger partial charge in [-0.05, 0) is 37.1 Å². The van der Waals surface area contributed by atoms with Gasteiger partial charge in [-0.15, -0.1) is 0 Å². The highest BCUT2D eigenvalue weighted by Gasteiger charge is 2.22. The first kappa shape index (κ1) is 15.3. The fourth-order valence-corrected chi connectivity index (χ4v) is 3.00. The highest BCUT2D eigenvalue weighted by atomic mass is 16.4. The van der Waals surface area contributed by atoms with Gasteiger partial charge in [-0.2, -0.15) is 0 Å². The summed E-state index contributed by atoms with van der Waals surface area (Å²) in [6.45, 7) is 0. The van der Waals surface area contributed by atoms with Gasteiger partial charge in [0.15, 0.2) is 0 Å². The summed E-state index contributed by atoms with van der Waals surface area (Å²) in [7, 11) is 0. The predicted molar refractivity (Wildman–Crippen MR) is 86.3 cm³/mol. The molecule has 1 saturated carbocycles. The lowest BCUT2D eigenvalue weighted by molar-refractivity contribution is -0.120. The number of carbonyl (C=O) groups excluding carboxylic acids is 1. The molecule has 1 fully saturated rings. The number of benzene rings is 1. The lowest BCUT2D eigenvalue weighted by Gasteiger charge is -2.21. The van der Waals surface area contributed by atoms with E-state index in [-0.39, 0.29) is 17.6 Å². The first-order valence-electron chi connectivity index (χ1n) is 7.88. The second-order valence-corrected chi connectivity index (χ2v) is 5.84. The molecular weight excluding hydrogens is 294 g/mol. The van der Waals surface area contributed by atoms with Crippen LogP contribution in [0.3, 0.4) is 0 Å². The van der Waals surface area contributed by atoms with E-state index in [0.29, 0.717) is 17.0 Å². The van der Waals surface area contributed by atoms with E-state index >= 15 is 0 Å². The third kappa shape index (κ3) is 3.44. The lowest BCUT2D eigenvalue weighted by atomic mass is 9.88. The van der Waals surface area contributed by atoms with Crippen LogP contribution < -0.4 is 5.32 Å². The molecule has 0 bridgehead atoms. The van der Waals surface area contributed by atoms with Gasteiger partial charge in [0.1, 0.15) is 5.76 Å². The molecule has 5 heteroatoms. The number of carbonyl (C=O) groups is 2. The Morgan fingerprint density at radius 1 is 1.04 bits per heavy atom. The topological polar surface area (TPSA) is 79.5 Å². The van der Waals surface area contributed by atoms with E-state index in [4.69, 9.17) is 9.52 Å². The second-order valence-electron chi connectivity index (χ2n) is 5.84. The van der Waals surface area contributed by atoms with Crippen LogP contribution >= 0.6 is 0 Å². The summed E-state index contributed by atoms with van der Waals surface area (Å²) in [5, 5.41) is 11.9. The van der Waals surface area contributed by atoms with Crippen LogP contribution in [0.1, 0.15) is 42.7 Å². The summed E-state index contributed by atoms with van der Waals surface area (Å²) >= 11 is 0. The van der Waals surface area contributed by atoms with Crippen molar-refractivity contribution in [1.29, 1.82) is 0 Å². The predicted octanol–water partition coefficient (Wildman–Crippen LogP) is 4.16. The van der Waals surface area contributed by atoms with Crippen LogP contribution in [0.5, 0.6) is 0 Å². The Morgan fingerprint density at radius 3 is 2.48 bits per heavy atom. The highest BCUT2D eigenvalue weighted by molar-refractivity contribution is 5.96. The summed E-state index contributed by atoms with van der Waals surface area (Å²) in [4.78, 5) is 23.4. The number of hydrogen-bond donors (Lipinski definition) is 2. The average molecular weight is 313 g/mol. The number of nitrogens with one attached hydrogen (secondary N) is 1. The Morgan fingerprint density at radius 2 is 1.78 bits per heavy atom. The van der Waals surface area contributed by atoms with Crippen LogP contribution in [0.2, 0.25) is 0 Å². The standard InChI is InChI=1S/C18H19NO4/c20-17(12-6-2-1-3-7-12)19-14-9-5-4-8-13(14)15-10-11-16(23-15)18(21)22/h4-5,8-12H,1-3,6-7H2,(H,19,20)(H,21,22). The Balaban J connectivity index is 1.82. The Kier molecular flexibility index (Phi) is 4.46. The summed E-state index contributed by atoms with van der Waals surface area (Å²) in [5.74, 6) is -0.708. The van der Waals surface area contributed by atoms with E-state index in [1.54, 1.807) is 18.2 Å². The van der Waals surface area contributed by atoms with Crippen molar-refractivity contribution in [2.75, 3.05) is 5.32 Å². The van der Waals surface area contributed by atoms with Gasteiger partial charge in [-0.25, -0.2) is 4.79 Å². The summed E-state index contributed by atoms with van der Waals surface area (Å²) < 4.78 is 5.35. The first-order valence-corrected chi connectivity index (χ1v) is 7.88. The van der Waals surface area contributed by atoms with E-state index in [2.05, 4.69) is 5.32 Å². The molecule has 2 N–H and O–H groups in total.